The van der Waals surface area contributed by atoms with E-state index in [1.54, 1.807) is 37.6 Å². The minimum absolute atomic E-state index is 0.00970. The summed E-state index contributed by atoms with van der Waals surface area (Å²) in [7, 11) is 1.66. The van der Waals surface area contributed by atoms with Crippen LogP contribution in [0.4, 0.5) is 0 Å². The fourth-order valence-corrected chi connectivity index (χ4v) is 5.65. The first-order chi connectivity index (χ1) is 16.0. The summed E-state index contributed by atoms with van der Waals surface area (Å²) in [6.07, 6.45) is 5.77. The normalized spacial score (nSPS) is 25.2. The Morgan fingerprint density at radius 3 is 2.70 bits per heavy atom. The van der Waals surface area contributed by atoms with E-state index in [0.29, 0.717) is 44.1 Å². The van der Waals surface area contributed by atoms with Crippen LogP contribution in [0, 0.1) is 0 Å². The van der Waals surface area contributed by atoms with Crippen LogP contribution in [0.3, 0.4) is 0 Å². The molecule has 33 heavy (non-hydrogen) atoms. The molecule has 178 valence electrons. The molecule has 1 saturated carbocycles. The van der Waals surface area contributed by atoms with E-state index in [9.17, 15) is 14.7 Å². The first-order valence-electron chi connectivity index (χ1n) is 11.5. The van der Waals surface area contributed by atoms with Gasteiger partial charge >= 0.3 is 0 Å². The van der Waals surface area contributed by atoms with Crippen LogP contribution in [0.5, 0.6) is 0 Å². The number of hydrogen-bond donors (Lipinski definition) is 3. The van der Waals surface area contributed by atoms with E-state index < -0.39 is 5.60 Å². The maximum absolute atomic E-state index is 12.5. The number of aromatic nitrogens is 1. The van der Waals surface area contributed by atoms with Gasteiger partial charge in [0.25, 0.3) is 5.91 Å². The molecule has 1 aliphatic heterocycles. The van der Waals surface area contributed by atoms with Gasteiger partial charge in [-0.25, -0.2) is 4.98 Å². The van der Waals surface area contributed by atoms with Gasteiger partial charge in [0.15, 0.2) is 0 Å². The molecule has 1 aliphatic carbocycles. The van der Waals surface area contributed by atoms with Crippen LogP contribution in [-0.4, -0.2) is 65.6 Å². The van der Waals surface area contributed by atoms with Gasteiger partial charge in [-0.15, -0.1) is 11.3 Å². The Morgan fingerprint density at radius 2 is 1.97 bits per heavy atom. The minimum Gasteiger partial charge on any atom is -0.383 e. The quantitative estimate of drug-likeness (QED) is 0.543. The third-order valence-corrected chi connectivity index (χ3v) is 7.66. The second-order valence-electron chi connectivity index (χ2n) is 8.91. The number of carbonyl (C=O) groups excluding carboxylic acids is 2. The van der Waals surface area contributed by atoms with Crippen molar-refractivity contribution in [1.82, 2.24) is 20.5 Å². The van der Waals surface area contributed by atoms with Crippen molar-refractivity contribution < 1.29 is 19.4 Å². The van der Waals surface area contributed by atoms with E-state index in [4.69, 9.17) is 4.74 Å². The number of thiazole rings is 1. The maximum atomic E-state index is 12.5. The van der Waals surface area contributed by atoms with Gasteiger partial charge in [0.1, 0.15) is 10.6 Å². The van der Waals surface area contributed by atoms with E-state index in [2.05, 4.69) is 15.6 Å². The van der Waals surface area contributed by atoms with Gasteiger partial charge in [-0.05, 0) is 44.2 Å². The lowest BCUT2D eigenvalue weighted by atomic mass is 9.82. The van der Waals surface area contributed by atoms with Crippen LogP contribution in [-0.2, 0) is 21.7 Å². The first kappa shape index (κ1) is 23.8. The molecule has 2 heterocycles. The molecule has 2 amide bonds. The Hall–Kier alpha value is -2.33. The minimum atomic E-state index is -0.858. The SMILES string of the molecule is COCc1cnc(C2(O)CCC(N[C@H]3CCN(C(=O)CNC(=O)c4ccccc4)C3)CC2)s1. The van der Waals surface area contributed by atoms with Gasteiger partial charge in [-0.3, -0.25) is 9.59 Å². The van der Waals surface area contributed by atoms with Gasteiger partial charge in [-0.2, -0.15) is 0 Å². The molecular formula is C24H32N4O4S. The zero-order valence-corrected chi connectivity index (χ0v) is 19.8. The summed E-state index contributed by atoms with van der Waals surface area (Å²) in [6, 6.07) is 9.47. The van der Waals surface area contributed by atoms with Crippen LogP contribution in [0.2, 0.25) is 0 Å². The van der Waals surface area contributed by atoms with Gasteiger partial charge in [-0.1, -0.05) is 18.2 Å². The second-order valence-corrected chi connectivity index (χ2v) is 10.0. The van der Waals surface area contributed by atoms with Crippen LogP contribution in [0.15, 0.2) is 36.5 Å². The smallest absolute Gasteiger partial charge is 0.251 e. The molecule has 3 N–H and O–H groups in total. The van der Waals surface area contributed by atoms with Gasteiger partial charge in [0.05, 0.1) is 18.0 Å². The highest BCUT2D eigenvalue weighted by molar-refractivity contribution is 7.11. The summed E-state index contributed by atoms with van der Waals surface area (Å²) in [4.78, 5) is 32.0. The van der Waals surface area contributed by atoms with Crippen LogP contribution >= 0.6 is 11.3 Å². The Bertz CT molecular complexity index is 943. The van der Waals surface area contributed by atoms with Crippen molar-refractivity contribution in [1.29, 1.82) is 0 Å². The molecule has 2 aliphatic rings. The lowest BCUT2D eigenvalue weighted by Gasteiger charge is -2.36. The summed E-state index contributed by atoms with van der Waals surface area (Å²) in [5, 5.41) is 18.3. The third-order valence-electron chi connectivity index (χ3n) is 6.50. The summed E-state index contributed by atoms with van der Waals surface area (Å²) in [5.74, 6) is -0.292. The number of rotatable bonds is 8. The van der Waals surface area contributed by atoms with E-state index in [0.717, 1.165) is 29.1 Å². The molecule has 1 saturated heterocycles. The topological polar surface area (TPSA) is 104 Å². The van der Waals surface area contributed by atoms with Gasteiger partial charge in [0, 0.05) is 44.0 Å². The van der Waals surface area contributed by atoms with Gasteiger partial charge in [0.2, 0.25) is 5.91 Å². The molecule has 0 spiro atoms. The fraction of sp³-hybridized carbons (Fsp3) is 0.542. The number of nitrogens with zero attached hydrogens (tertiary/aromatic N) is 2. The predicted octanol–water partition coefficient (Wildman–Crippen LogP) is 2.04. The molecule has 1 atom stereocenters. The van der Waals surface area contributed by atoms with Crippen molar-refractivity contribution in [2.24, 2.45) is 0 Å². The molecular weight excluding hydrogens is 440 g/mol. The number of nitrogens with one attached hydrogen (secondary N) is 2. The summed E-state index contributed by atoms with van der Waals surface area (Å²) >= 11 is 1.52. The van der Waals surface area contributed by atoms with E-state index >= 15 is 0 Å². The number of aliphatic hydroxyl groups is 1. The summed E-state index contributed by atoms with van der Waals surface area (Å²) < 4.78 is 5.16. The molecule has 1 aromatic heterocycles. The zero-order chi connectivity index (χ0) is 23.3. The lowest BCUT2D eigenvalue weighted by Crippen LogP contribution is -2.46. The number of carbonyl (C=O) groups is 2. The number of methoxy groups -OCH3 is 1. The molecule has 2 fully saturated rings. The maximum Gasteiger partial charge on any atom is 0.251 e. The van der Waals surface area contributed by atoms with Crippen molar-refractivity contribution in [2.75, 3.05) is 26.7 Å². The van der Waals surface area contributed by atoms with Crippen LogP contribution in [0.1, 0.15) is 52.3 Å². The molecule has 8 nitrogen and oxygen atoms in total. The number of ether oxygens (including phenoxy) is 1. The van der Waals surface area contributed by atoms with Crippen molar-refractivity contribution in [3.63, 3.8) is 0 Å². The van der Waals surface area contributed by atoms with Crippen molar-refractivity contribution in [2.45, 2.75) is 56.4 Å². The summed E-state index contributed by atoms with van der Waals surface area (Å²) in [5.41, 5.74) is -0.306. The Morgan fingerprint density at radius 1 is 1.21 bits per heavy atom. The average molecular weight is 473 g/mol. The number of amides is 2. The highest BCUT2D eigenvalue weighted by Gasteiger charge is 2.38. The fourth-order valence-electron chi connectivity index (χ4n) is 4.62. The average Bonchev–Trinajstić information content (AvgIpc) is 3.50. The molecule has 9 heteroatoms. The predicted molar refractivity (Wildman–Crippen MR) is 126 cm³/mol. The van der Waals surface area contributed by atoms with E-state index in [1.165, 1.54) is 11.3 Å². The second kappa shape index (κ2) is 10.7. The molecule has 2 aromatic rings. The van der Waals surface area contributed by atoms with Crippen molar-refractivity contribution >= 4 is 23.2 Å². The Labute approximate surface area is 198 Å². The molecule has 4 rings (SSSR count). The van der Waals surface area contributed by atoms with Crippen LogP contribution < -0.4 is 10.6 Å². The highest BCUT2D eigenvalue weighted by Crippen LogP contribution is 2.39. The number of benzene rings is 1. The number of likely N-dealkylation sites (tertiary alicyclic amines) is 1. The first-order valence-corrected chi connectivity index (χ1v) is 12.3. The molecule has 0 radical (unpaired) electrons. The Balaban J connectivity index is 1.19. The van der Waals surface area contributed by atoms with Crippen molar-refractivity contribution in [3.8, 4) is 0 Å². The highest BCUT2D eigenvalue weighted by atomic mass is 32.1. The standard InChI is InChI=1S/C24H32N4O4S/c1-32-16-20-13-26-23(33-20)24(31)10-7-18(8-11-24)27-19-9-12-28(15-19)21(29)14-25-22(30)17-5-3-2-4-6-17/h2-6,13,18-19,27,31H,7-12,14-16H2,1H3,(H,25,30)/t18?,19-,24?/m0/s1. The molecule has 0 unspecified atom stereocenters. The van der Waals surface area contributed by atoms with E-state index in [1.807, 2.05) is 11.0 Å². The third kappa shape index (κ3) is 5.97. The van der Waals surface area contributed by atoms with Crippen LogP contribution in [0.25, 0.3) is 0 Å². The van der Waals surface area contributed by atoms with Crippen molar-refractivity contribution in [3.05, 3.63) is 52.0 Å². The lowest BCUT2D eigenvalue weighted by molar-refractivity contribution is -0.129. The monoisotopic (exact) mass is 472 g/mol. The molecule has 1 aromatic carbocycles. The Kier molecular flexibility index (Phi) is 7.75. The van der Waals surface area contributed by atoms with Gasteiger partial charge < -0.3 is 25.4 Å². The van der Waals surface area contributed by atoms with E-state index in [-0.39, 0.29) is 24.4 Å². The number of hydrogen-bond acceptors (Lipinski definition) is 7. The molecule has 0 bridgehead atoms. The summed E-state index contributed by atoms with van der Waals surface area (Å²) in [6.45, 7) is 1.87. The largest absolute Gasteiger partial charge is 0.383 e. The zero-order valence-electron chi connectivity index (χ0n) is 19.0.